The minimum atomic E-state index is 0.158. The average Bonchev–Trinajstić information content (AvgIpc) is 2.98. The molecule has 0 spiro atoms. The van der Waals surface area contributed by atoms with Gasteiger partial charge in [-0.05, 0) is 23.8 Å². The van der Waals surface area contributed by atoms with Crippen LogP contribution in [0.25, 0.3) is 10.9 Å². The molecule has 1 aromatic heterocycles. The summed E-state index contributed by atoms with van der Waals surface area (Å²) < 4.78 is 3.22. The zero-order valence-electron chi connectivity index (χ0n) is 13.1. The van der Waals surface area contributed by atoms with Gasteiger partial charge in [0.1, 0.15) is 0 Å². The smallest absolute Gasteiger partial charge is 0.224 e. The lowest BCUT2D eigenvalue weighted by Gasteiger charge is -2.17. The third-order valence-corrected chi connectivity index (χ3v) is 4.71. The summed E-state index contributed by atoms with van der Waals surface area (Å²) in [4.78, 5) is 14.1. The first kappa shape index (κ1) is 15.8. The van der Waals surface area contributed by atoms with Crippen LogP contribution >= 0.6 is 15.9 Å². The number of hydrogen-bond acceptors (Lipinski definition) is 1. The van der Waals surface area contributed by atoms with Gasteiger partial charge in [0.25, 0.3) is 0 Å². The van der Waals surface area contributed by atoms with Crippen LogP contribution in [0.15, 0.2) is 65.3 Å². The molecule has 0 atom stereocenters. The maximum absolute atomic E-state index is 12.3. The first-order chi connectivity index (χ1) is 11.1. The minimum absolute atomic E-state index is 0.158. The van der Waals surface area contributed by atoms with E-state index in [-0.39, 0.29) is 5.91 Å². The van der Waals surface area contributed by atoms with E-state index in [1.807, 2.05) is 55.7 Å². The number of nitrogens with zero attached hydrogens (tertiary/aromatic N) is 2. The van der Waals surface area contributed by atoms with Crippen molar-refractivity contribution in [3.63, 3.8) is 0 Å². The summed E-state index contributed by atoms with van der Waals surface area (Å²) in [5.41, 5.74) is 2.30. The number of halogens is 1. The Hall–Kier alpha value is -2.07. The second kappa shape index (κ2) is 7.01. The van der Waals surface area contributed by atoms with E-state index in [9.17, 15) is 4.79 Å². The molecule has 1 amide bonds. The molecule has 23 heavy (non-hydrogen) atoms. The lowest BCUT2D eigenvalue weighted by Crippen LogP contribution is -2.26. The first-order valence-electron chi connectivity index (χ1n) is 7.66. The Morgan fingerprint density at radius 3 is 2.65 bits per heavy atom. The van der Waals surface area contributed by atoms with Crippen LogP contribution in [0.4, 0.5) is 0 Å². The van der Waals surface area contributed by atoms with Crippen LogP contribution in [0.5, 0.6) is 0 Å². The van der Waals surface area contributed by atoms with Gasteiger partial charge in [0, 0.05) is 48.1 Å². The molecule has 3 nitrogen and oxygen atoms in total. The number of hydrogen-bond donors (Lipinski definition) is 0. The van der Waals surface area contributed by atoms with Gasteiger partial charge in [-0.1, -0.05) is 52.3 Å². The third kappa shape index (κ3) is 3.64. The van der Waals surface area contributed by atoms with Crippen LogP contribution in [0, 0.1) is 0 Å². The Morgan fingerprint density at radius 1 is 1.09 bits per heavy atom. The van der Waals surface area contributed by atoms with Crippen LogP contribution in [0.3, 0.4) is 0 Å². The lowest BCUT2D eigenvalue weighted by atomic mass is 10.2. The fourth-order valence-corrected chi connectivity index (χ4v) is 3.22. The van der Waals surface area contributed by atoms with Crippen LogP contribution in [-0.2, 0) is 17.9 Å². The van der Waals surface area contributed by atoms with Crippen molar-refractivity contribution in [1.82, 2.24) is 9.47 Å². The van der Waals surface area contributed by atoms with Crippen molar-refractivity contribution < 1.29 is 4.79 Å². The average molecular weight is 371 g/mol. The van der Waals surface area contributed by atoms with Crippen molar-refractivity contribution in [2.24, 2.45) is 0 Å². The topological polar surface area (TPSA) is 25.2 Å². The van der Waals surface area contributed by atoms with Gasteiger partial charge in [-0.3, -0.25) is 4.79 Å². The molecule has 0 bridgehead atoms. The summed E-state index contributed by atoms with van der Waals surface area (Å²) >= 11 is 3.56. The number of aromatic nitrogens is 1. The molecule has 0 saturated heterocycles. The molecule has 2 aromatic carbocycles. The molecule has 0 aliphatic carbocycles. The summed E-state index contributed by atoms with van der Waals surface area (Å²) in [7, 11) is 1.86. The molecular formula is C19H19BrN2O. The van der Waals surface area contributed by atoms with E-state index >= 15 is 0 Å². The quantitative estimate of drug-likeness (QED) is 0.651. The highest BCUT2D eigenvalue weighted by Gasteiger charge is 2.10. The van der Waals surface area contributed by atoms with Crippen molar-refractivity contribution in [3.8, 4) is 0 Å². The summed E-state index contributed by atoms with van der Waals surface area (Å²) in [6, 6.07) is 18.3. The van der Waals surface area contributed by atoms with Crippen molar-refractivity contribution in [1.29, 1.82) is 0 Å². The molecular weight excluding hydrogens is 352 g/mol. The van der Waals surface area contributed by atoms with E-state index < -0.39 is 0 Å². The number of amides is 1. The van der Waals surface area contributed by atoms with E-state index in [1.54, 1.807) is 4.90 Å². The van der Waals surface area contributed by atoms with Gasteiger partial charge in [0.2, 0.25) is 5.91 Å². The van der Waals surface area contributed by atoms with E-state index in [0.29, 0.717) is 19.5 Å². The van der Waals surface area contributed by atoms with Gasteiger partial charge < -0.3 is 9.47 Å². The fourth-order valence-electron chi connectivity index (χ4n) is 2.73. The van der Waals surface area contributed by atoms with Crippen LogP contribution < -0.4 is 0 Å². The minimum Gasteiger partial charge on any atom is -0.347 e. The monoisotopic (exact) mass is 370 g/mol. The van der Waals surface area contributed by atoms with Crippen molar-refractivity contribution in [2.75, 3.05) is 7.05 Å². The van der Waals surface area contributed by atoms with E-state index in [4.69, 9.17) is 0 Å². The number of carbonyl (C=O) groups excluding carboxylic acids is 1. The van der Waals surface area contributed by atoms with E-state index in [2.05, 4.69) is 32.6 Å². The Labute approximate surface area is 144 Å². The Bertz CT molecular complexity index is 811. The molecule has 4 heteroatoms. The molecule has 0 unspecified atom stereocenters. The van der Waals surface area contributed by atoms with E-state index in [1.165, 1.54) is 5.39 Å². The molecule has 1 heterocycles. The first-order valence-corrected chi connectivity index (χ1v) is 8.46. The maximum atomic E-state index is 12.3. The maximum Gasteiger partial charge on any atom is 0.224 e. The molecule has 0 N–H and O–H groups in total. The van der Waals surface area contributed by atoms with Crippen molar-refractivity contribution in [2.45, 2.75) is 19.5 Å². The van der Waals surface area contributed by atoms with Crippen LogP contribution in [0.1, 0.15) is 12.0 Å². The highest BCUT2D eigenvalue weighted by Crippen LogP contribution is 2.24. The highest BCUT2D eigenvalue weighted by molar-refractivity contribution is 9.10. The number of rotatable bonds is 5. The molecule has 0 aliphatic rings. The Kier molecular flexibility index (Phi) is 4.82. The van der Waals surface area contributed by atoms with Gasteiger partial charge in [0.05, 0.1) is 0 Å². The van der Waals surface area contributed by atoms with Crippen LogP contribution in [0.2, 0.25) is 0 Å². The normalized spacial score (nSPS) is 10.9. The molecule has 3 rings (SSSR count). The summed E-state index contributed by atoms with van der Waals surface area (Å²) in [6.45, 7) is 1.34. The predicted molar refractivity (Wildman–Crippen MR) is 97.2 cm³/mol. The SMILES string of the molecule is CN(Cc1ccccc1)C(=O)CCn1ccc2c(Br)cccc21. The van der Waals surface area contributed by atoms with E-state index in [0.717, 1.165) is 15.6 Å². The molecule has 3 aromatic rings. The summed E-state index contributed by atoms with van der Waals surface area (Å²) in [6.07, 6.45) is 2.54. The second-order valence-electron chi connectivity index (χ2n) is 5.67. The molecule has 0 aliphatic heterocycles. The number of fused-ring (bicyclic) bond motifs is 1. The highest BCUT2D eigenvalue weighted by atomic mass is 79.9. The number of carbonyl (C=O) groups is 1. The fraction of sp³-hybridized carbons (Fsp3) is 0.211. The largest absolute Gasteiger partial charge is 0.347 e. The van der Waals surface area contributed by atoms with Crippen LogP contribution in [-0.4, -0.2) is 22.4 Å². The molecule has 0 saturated carbocycles. The van der Waals surface area contributed by atoms with Gasteiger partial charge in [0.15, 0.2) is 0 Å². The van der Waals surface area contributed by atoms with Crippen molar-refractivity contribution >= 4 is 32.7 Å². The molecule has 0 fully saturated rings. The van der Waals surface area contributed by atoms with Gasteiger partial charge in [-0.2, -0.15) is 0 Å². The zero-order chi connectivity index (χ0) is 16.2. The summed E-state index contributed by atoms with van der Waals surface area (Å²) in [5.74, 6) is 0.158. The van der Waals surface area contributed by atoms with Gasteiger partial charge in [-0.15, -0.1) is 0 Å². The standard InChI is InChI=1S/C19H19BrN2O/c1-21(14-15-6-3-2-4-7-15)19(23)11-13-22-12-10-16-17(20)8-5-9-18(16)22/h2-10,12H,11,13-14H2,1H3. The van der Waals surface area contributed by atoms with Crippen molar-refractivity contribution in [3.05, 3.63) is 70.8 Å². The second-order valence-corrected chi connectivity index (χ2v) is 6.52. The molecule has 0 radical (unpaired) electrons. The van der Waals surface area contributed by atoms with Gasteiger partial charge in [-0.25, -0.2) is 0 Å². The number of benzene rings is 2. The Balaban J connectivity index is 1.63. The number of aryl methyl sites for hydroxylation is 1. The third-order valence-electron chi connectivity index (χ3n) is 4.02. The molecule has 118 valence electrons. The van der Waals surface area contributed by atoms with Gasteiger partial charge >= 0.3 is 0 Å². The predicted octanol–water partition coefficient (Wildman–Crippen LogP) is 4.45. The Morgan fingerprint density at radius 2 is 1.87 bits per heavy atom. The zero-order valence-corrected chi connectivity index (χ0v) is 14.7. The lowest BCUT2D eigenvalue weighted by molar-refractivity contribution is -0.130. The summed E-state index contributed by atoms with van der Waals surface area (Å²) in [5, 5.41) is 1.18.